The number of unbranched alkanes of at least 4 members (excludes halogenated alkanes) is 8. The molecule has 0 atom stereocenters. The molecule has 0 aromatic rings. The summed E-state index contributed by atoms with van der Waals surface area (Å²) in [5, 5.41) is 0. The van der Waals surface area contributed by atoms with Gasteiger partial charge in [0.05, 0.1) is 52.4 Å². The van der Waals surface area contributed by atoms with Crippen molar-refractivity contribution < 1.29 is 18.8 Å². The van der Waals surface area contributed by atoms with Crippen molar-refractivity contribution in [2.75, 3.05) is 52.4 Å². The van der Waals surface area contributed by atoms with E-state index in [4.69, 9.17) is 0 Å². The van der Waals surface area contributed by atoms with E-state index in [2.05, 4.69) is 95.7 Å². The summed E-state index contributed by atoms with van der Waals surface area (Å²) >= 11 is 0. The molecule has 0 rings (SSSR count). The summed E-state index contributed by atoms with van der Waals surface area (Å²) < 4.78 is 2.84. The van der Waals surface area contributed by atoms with Crippen LogP contribution in [0.25, 0.3) is 0 Å². The second kappa shape index (κ2) is 31.2. The third-order valence-corrected chi connectivity index (χ3v) is 7.89. The Bertz CT molecular complexity index is 466. The van der Waals surface area contributed by atoms with Crippen molar-refractivity contribution in [2.24, 2.45) is 0 Å². The number of quaternary nitrogens is 2. The second-order valence-corrected chi connectivity index (χ2v) is 33.0. The first kappa shape index (κ1) is 45.2. The van der Waals surface area contributed by atoms with Gasteiger partial charge in [-0.25, -0.2) is 0 Å². The standard InChI is InChI=1S/2C16H36N.Mo.4S/c2*1-5-9-13-17(14-10-6-2,15-11-7-3)16-12-8-4;;;;;/h2*5-16H2,1-4H3;;;;;/q2*+1;;;;2*-1. The zero-order valence-corrected chi connectivity index (χ0v) is 33.2. The summed E-state index contributed by atoms with van der Waals surface area (Å²) in [6.07, 6.45) is 22.1. The minimum atomic E-state index is -2.69. The summed E-state index contributed by atoms with van der Waals surface area (Å²) in [6.45, 7) is 30.0. The summed E-state index contributed by atoms with van der Waals surface area (Å²) in [5.74, 6) is 0. The topological polar surface area (TPSA) is 0 Å². The van der Waals surface area contributed by atoms with Crippen molar-refractivity contribution in [3.05, 3.63) is 0 Å². The van der Waals surface area contributed by atoms with Crippen molar-refractivity contribution in [3.63, 3.8) is 0 Å². The van der Waals surface area contributed by atoms with E-state index in [9.17, 15) is 0 Å². The van der Waals surface area contributed by atoms with E-state index in [-0.39, 0.29) is 0 Å². The fourth-order valence-corrected chi connectivity index (χ4v) is 5.29. The Labute approximate surface area is 267 Å². The molecule has 0 aromatic carbocycles. The Hall–Kier alpha value is 1.75. The van der Waals surface area contributed by atoms with E-state index in [1.54, 1.807) is 0 Å². The normalized spacial score (nSPS) is 11.9. The zero-order valence-electron chi connectivity index (χ0n) is 27.9. The molecule has 0 aliphatic rings. The molecular weight excluding hydrogens is 637 g/mol. The monoisotopic (exact) mass is 710 g/mol. The second-order valence-electron chi connectivity index (χ2n) is 11.7. The summed E-state index contributed by atoms with van der Waals surface area (Å²) in [5.41, 5.74) is 0. The Morgan fingerprint density at radius 2 is 0.462 bits per heavy atom. The average Bonchev–Trinajstić information content (AvgIpc) is 2.91. The van der Waals surface area contributed by atoms with Crippen LogP contribution in [-0.4, -0.2) is 61.3 Å². The van der Waals surface area contributed by atoms with Gasteiger partial charge in [-0.2, -0.15) is 0 Å². The molecule has 0 aromatic heterocycles. The van der Waals surface area contributed by atoms with E-state index in [0.717, 1.165) is 0 Å². The number of hydrogen-bond donors (Lipinski definition) is 0. The quantitative estimate of drug-likeness (QED) is 0.0556. The van der Waals surface area contributed by atoms with Crippen LogP contribution in [0, 0.1) is 0 Å². The Balaban J connectivity index is -0.000000566. The fourth-order valence-electron chi connectivity index (χ4n) is 5.29. The molecule has 0 spiro atoms. The Morgan fingerprint density at radius 1 is 0.359 bits per heavy atom. The zero-order chi connectivity index (χ0) is 30.5. The van der Waals surface area contributed by atoms with Crippen LogP contribution in [0.4, 0.5) is 0 Å². The van der Waals surface area contributed by atoms with Gasteiger partial charge in [-0.3, -0.25) is 0 Å². The first-order valence-corrected chi connectivity index (χ1v) is 28.0. The molecule has 0 aliphatic heterocycles. The Kier molecular flexibility index (Phi) is 36.1. The molecular formula is C32H72MoN2S4. The van der Waals surface area contributed by atoms with E-state index in [0.29, 0.717) is 0 Å². The van der Waals surface area contributed by atoms with Gasteiger partial charge in [-0.15, -0.1) is 0 Å². The maximum absolute atomic E-state index is 4.46. The number of nitrogens with zero attached hydrogens (tertiary/aromatic N) is 2. The van der Waals surface area contributed by atoms with Gasteiger partial charge in [0.2, 0.25) is 0 Å². The third-order valence-electron chi connectivity index (χ3n) is 7.89. The van der Waals surface area contributed by atoms with Gasteiger partial charge in [0.15, 0.2) is 0 Å². The molecule has 0 heterocycles. The van der Waals surface area contributed by atoms with Crippen LogP contribution < -0.4 is 0 Å². The number of hydrogen-bond acceptors (Lipinski definition) is 4. The third kappa shape index (κ3) is 32.5. The van der Waals surface area contributed by atoms with E-state index in [1.165, 1.54) is 164 Å². The molecule has 240 valence electrons. The van der Waals surface area contributed by atoms with Crippen molar-refractivity contribution in [3.8, 4) is 0 Å². The van der Waals surface area contributed by atoms with Crippen LogP contribution in [0.2, 0.25) is 0 Å². The summed E-state index contributed by atoms with van der Waals surface area (Å²) in [6, 6.07) is 0. The summed E-state index contributed by atoms with van der Waals surface area (Å²) in [7, 11) is 15.2. The molecule has 0 N–H and O–H groups in total. The van der Waals surface area contributed by atoms with Crippen molar-refractivity contribution in [1.29, 1.82) is 0 Å². The SMILES string of the molecule is CCCC[N+](CCCC)(CCCC)CCCC.CCCC[N+](CCCC)(CCCC)CCCC.[S]=[Mo](=[S])([S-])[S-]. The van der Waals surface area contributed by atoms with Crippen LogP contribution in [0.15, 0.2) is 0 Å². The van der Waals surface area contributed by atoms with Crippen LogP contribution in [-0.2, 0) is 30.5 Å². The fraction of sp³-hybridized carbons (Fsp3) is 1.00. The van der Waals surface area contributed by atoms with Crippen LogP contribution in [0.5, 0.6) is 0 Å². The molecule has 0 unspecified atom stereocenters. The molecule has 0 aliphatic carbocycles. The van der Waals surface area contributed by atoms with E-state index in [1.807, 2.05) is 0 Å². The van der Waals surface area contributed by atoms with E-state index < -0.39 is 9.86 Å². The molecule has 0 saturated heterocycles. The first-order chi connectivity index (χ1) is 18.5. The molecule has 39 heavy (non-hydrogen) atoms. The predicted octanol–water partition coefficient (Wildman–Crippen LogP) is 11.3. The van der Waals surface area contributed by atoms with Gasteiger partial charge >= 0.3 is 50.2 Å². The molecule has 0 amide bonds. The molecule has 0 bridgehead atoms. The molecule has 2 nitrogen and oxygen atoms in total. The minimum absolute atomic E-state index is 1.35. The van der Waals surface area contributed by atoms with Gasteiger partial charge in [0.25, 0.3) is 0 Å². The van der Waals surface area contributed by atoms with E-state index >= 15 is 0 Å². The van der Waals surface area contributed by atoms with Crippen molar-refractivity contribution in [2.45, 2.75) is 158 Å². The van der Waals surface area contributed by atoms with Gasteiger partial charge < -0.3 is 8.97 Å². The van der Waals surface area contributed by atoms with Gasteiger partial charge in [-0.1, -0.05) is 107 Å². The number of rotatable bonds is 24. The molecule has 0 saturated carbocycles. The van der Waals surface area contributed by atoms with Crippen LogP contribution in [0.3, 0.4) is 0 Å². The van der Waals surface area contributed by atoms with Crippen molar-refractivity contribution in [1.82, 2.24) is 0 Å². The molecule has 7 heteroatoms. The van der Waals surface area contributed by atoms with Gasteiger partial charge in [0, 0.05) is 0 Å². The first-order valence-electron chi connectivity index (χ1n) is 16.9. The van der Waals surface area contributed by atoms with Crippen LogP contribution >= 0.6 is 19.6 Å². The van der Waals surface area contributed by atoms with Gasteiger partial charge in [-0.05, 0) is 51.4 Å². The van der Waals surface area contributed by atoms with Crippen LogP contribution in [0.1, 0.15) is 158 Å². The summed E-state index contributed by atoms with van der Waals surface area (Å²) in [4.78, 5) is 0. The molecule has 0 radical (unpaired) electrons. The van der Waals surface area contributed by atoms with Gasteiger partial charge in [0.1, 0.15) is 0 Å². The Morgan fingerprint density at radius 3 is 0.538 bits per heavy atom. The maximum atomic E-state index is 4.46. The average molecular weight is 709 g/mol. The van der Waals surface area contributed by atoms with Crippen molar-refractivity contribution >= 4 is 40.3 Å². The predicted molar refractivity (Wildman–Crippen MR) is 189 cm³/mol. The molecule has 0 fully saturated rings.